The van der Waals surface area contributed by atoms with Crippen LogP contribution < -0.4 is 14.8 Å². The highest BCUT2D eigenvalue weighted by atomic mass is 35.5. The summed E-state index contributed by atoms with van der Waals surface area (Å²) in [5.74, 6) is 1.37. The van der Waals surface area contributed by atoms with Crippen molar-refractivity contribution in [1.29, 1.82) is 0 Å². The van der Waals surface area contributed by atoms with E-state index in [2.05, 4.69) is 20.4 Å². The number of pyridine rings is 1. The first-order valence-electron chi connectivity index (χ1n) is 8.80. The van der Waals surface area contributed by atoms with Crippen molar-refractivity contribution in [3.05, 3.63) is 59.2 Å². The summed E-state index contributed by atoms with van der Waals surface area (Å²) in [6.45, 7) is 2.43. The average Bonchev–Trinajstić information content (AvgIpc) is 3.22. The van der Waals surface area contributed by atoms with Crippen LogP contribution in [0, 0.1) is 0 Å². The molecule has 0 saturated heterocycles. The van der Waals surface area contributed by atoms with Crippen LogP contribution >= 0.6 is 11.6 Å². The molecule has 2 aromatic heterocycles. The minimum absolute atomic E-state index is 0.106. The van der Waals surface area contributed by atoms with Crippen molar-refractivity contribution in [3.63, 3.8) is 0 Å². The number of carbonyl (C=O) groups excluding carboxylic acids is 1. The van der Waals surface area contributed by atoms with Crippen molar-refractivity contribution in [2.24, 2.45) is 0 Å². The summed E-state index contributed by atoms with van der Waals surface area (Å²) in [6, 6.07) is 6.97. The zero-order valence-corrected chi connectivity index (χ0v) is 16.6. The molecule has 3 rings (SSSR count). The Bertz CT molecular complexity index is 1000. The van der Waals surface area contributed by atoms with Crippen molar-refractivity contribution in [2.45, 2.75) is 13.5 Å². The molecule has 0 fully saturated rings. The molecule has 150 valence electrons. The number of carbonyl (C=O) groups is 1. The van der Waals surface area contributed by atoms with E-state index in [9.17, 15) is 4.79 Å². The number of hydrogen-bond acceptors (Lipinski definition) is 7. The summed E-state index contributed by atoms with van der Waals surface area (Å²) in [4.78, 5) is 20.3. The lowest BCUT2D eigenvalue weighted by molar-refractivity contribution is -0.116. The number of nitrogens with zero attached hydrogens (tertiary/aromatic N) is 3. The number of aromatic nitrogens is 3. The van der Waals surface area contributed by atoms with Crippen LogP contribution in [0.1, 0.15) is 18.4 Å². The van der Waals surface area contributed by atoms with Crippen LogP contribution in [0.3, 0.4) is 0 Å². The molecule has 8 nitrogen and oxygen atoms in total. The van der Waals surface area contributed by atoms with E-state index in [-0.39, 0.29) is 12.5 Å². The first-order valence-corrected chi connectivity index (χ1v) is 9.17. The summed E-state index contributed by atoms with van der Waals surface area (Å²) in [5.41, 5.74) is 1.48. The summed E-state index contributed by atoms with van der Waals surface area (Å²) < 4.78 is 15.9. The third-order valence-electron chi connectivity index (χ3n) is 3.79. The second kappa shape index (κ2) is 9.70. The molecule has 3 aromatic rings. The van der Waals surface area contributed by atoms with Gasteiger partial charge < -0.3 is 19.3 Å². The van der Waals surface area contributed by atoms with Crippen molar-refractivity contribution < 1.29 is 18.8 Å². The van der Waals surface area contributed by atoms with Gasteiger partial charge in [-0.25, -0.2) is 0 Å². The molecular formula is C20H19ClN4O4. The number of halogens is 1. The lowest BCUT2D eigenvalue weighted by atomic mass is 10.2. The number of methoxy groups -OCH3 is 1. The fourth-order valence-electron chi connectivity index (χ4n) is 2.46. The fourth-order valence-corrected chi connectivity index (χ4v) is 2.73. The zero-order valence-electron chi connectivity index (χ0n) is 15.9. The van der Waals surface area contributed by atoms with Crippen LogP contribution in [-0.2, 0) is 11.3 Å². The Morgan fingerprint density at radius 1 is 1.31 bits per heavy atom. The van der Waals surface area contributed by atoms with Gasteiger partial charge in [-0.15, -0.1) is 0 Å². The number of ether oxygens (including phenoxy) is 2. The van der Waals surface area contributed by atoms with Crippen LogP contribution in [0.15, 0.2) is 47.3 Å². The Kier molecular flexibility index (Phi) is 6.80. The molecule has 9 heteroatoms. The van der Waals surface area contributed by atoms with Gasteiger partial charge in [-0.3, -0.25) is 9.78 Å². The minimum atomic E-state index is -0.322. The molecule has 0 aliphatic heterocycles. The Balaban J connectivity index is 1.60. The van der Waals surface area contributed by atoms with E-state index in [1.54, 1.807) is 42.7 Å². The predicted molar refractivity (Wildman–Crippen MR) is 108 cm³/mol. The molecule has 1 N–H and O–H groups in total. The van der Waals surface area contributed by atoms with Gasteiger partial charge in [0, 0.05) is 24.0 Å². The van der Waals surface area contributed by atoms with E-state index in [0.29, 0.717) is 40.4 Å². The Labute approximate surface area is 172 Å². The van der Waals surface area contributed by atoms with Crippen LogP contribution in [0.2, 0.25) is 5.02 Å². The Hall–Kier alpha value is -3.39. The number of hydrogen-bond donors (Lipinski definition) is 1. The van der Waals surface area contributed by atoms with E-state index < -0.39 is 0 Å². The van der Waals surface area contributed by atoms with Gasteiger partial charge in [0.1, 0.15) is 0 Å². The normalized spacial score (nSPS) is 10.9. The Morgan fingerprint density at radius 3 is 2.83 bits per heavy atom. The standard InChI is InChI=1S/C20H19ClN4O4/c1-3-28-19-15(21)10-13(11-16(19)27-2)4-5-17(26)23-12-18-24-20(25-29-18)14-6-8-22-9-7-14/h4-11H,3,12H2,1-2H3,(H,23,26)/b5-4+. The number of nitrogens with one attached hydrogen (secondary N) is 1. The van der Waals surface area contributed by atoms with Crippen LogP contribution in [0.5, 0.6) is 11.5 Å². The van der Waals surface area contributed by atoms with Gasteiger partial charge >= 0.3 is 0 Å². The van der Waals surface area contributed by atoms with Gasteiger partial charge in [0.15, 0.2) is 11.5 Å². The molecule has 2 heterocycles. The predicted octanol–water partition coefficient (Wildman–Crippen LogP) is 3.52. The SMILES string of the molecule is CCOc1c(Cl)cc(/C=C/C(=O)NCc2nc(-c3ccncc3)no2)cc1OC. The molecular weight excluding hydrogens is 396 g/mol. The molecule has 1 aromatic carbocycles. The third-order valence-corrected chi connectivity index (χ3v) is 4.07. The summed E-state index contributed by atoms with van der Waals surface area (Å²) in [6.07, 6.45) is 6.28. The average molecular weight is 415 g/mol. The highest BCUT2D eigenvalue weighted by Crippen LogP contribution is 2.36. The maximum atomic E-state index is 12.1. The van der Waals surface area contributed by atoms with Gasteiger partial charge in [0.05, 0.1) is 25.3 Å². The summed E-state index contributed by atoms with van der Waals surface area (Å²) in [7, 11) is 1.53. The van der Waals surface area contributed by atoms with Crippen LogP contribution in [0.4, 0.5) is 0 Å². The van der Waals surface area contributed by atoms with Crippen molar-refractivity contribution in [3.8, 4) is 22.9 Å². The smallest absolute Gasteiger partial charge is 0.246 e. The first-order chi connectivity index (χ1) is 14.1. The minimum Gasteiger partial charge on any atom is -0.493 e. The maximum absolute atomic E-state index is 12.1. The lowest BCUT2D eigenvalue weighted by Crippen LogP contribution is -2.20. The van der Waals surface area contributed by atoms with Gasteiger partial charge in [0.25, 0.3) is 0 Å². The quantitative estimate of drug-likeness (QED) is 0.563. The number of benzene rings is 1. The van der Waals surface area contributed by atoms with Crippen LogP contribution in [0.25, 0.3) is 17.5 Å². The summed E-state index contributed by atoms with van der Waals surface area (Å²) in [5, 5.41) is 6.98. The molecule has 29 heavy (non-hydrogen) atoms. The zero-order chi connectivity index (χ0) is 20.6. The highest BCUT2D eigenvalue weighted by Gasteiger charge is 2.11. The summed E-state index contributed by atoms with van der Waals surface area (Å²) >= 11 is 6.23. The topological polar surface area (TPSA) is 99.4 Å². The monoisotopic (exact) mass is 414 g/mol. The second-order valence-electron chi connectivity index (χ2n) is 5.77. The molecule has 0 aliphatic carbocycles. The third kappa shape index (κ3) is 5.32. The van der Waals surface area contributed by atoms with Gasteiger partial charge in [0.2, 0.25) is 17.6 Å². The van der Waals surface area contributed by atoms with Gasteiger partial charge in [-0.2, -0.15) is 4.98 Å². The highest BCUT2D eigenvalue weighted by molar-refractivity contribution is 6.32. The molecule has 0 spiro atoms. The molecule has 0 saturated carbocycles. The fraction of sp³-hybridized carbons (Fsp3) is 0.200. The lowest BCUT2D eigenvalue weighted by Gasteiger charge is -2.11. The van der Waals surface area contributed by atoms with E-state index in [0.717, 1.165) is 5.56 Å². The van der Waals surface area contributed by atoms with E-state index in [4.69, 9.17) is 25.6 Å². The van der Waals surface area contributed by atoms with Gasteiger partial charge in [-0.05, 0) is 42.8 Å². The molecule has 0 aliphatic rings. The van der Waals surface area contributed by atoms with Crippen molar-refractivity contribution in [2.75, 3.05) is 13.7 Å². The molecule has 1 amide bonds. The first kappa shape index (κ1) is 20.3. The molecule has 0 bridgehead atoms. The largest absolute Gasteiger partial charge is 0.493 e. The number of rotatable bonds is 8. The van der Waals surface area contributed by atoms with Gasteiger partial charge in [-0.1, -0.05) is 16.8 Å². The van der Waals surface area contributed by atoms with Crippen LogP contribution in [-0.4, -0.2) is 34.7 Å². The molecule has 0 atom stereocenters. The molecule has 0 radical (unpaired) electrons. The van der Waals surface area contributed by atoms with E-state index >= 15 is 0 Å². The number of amides is 1. The Morgan fingerprint density at radius 2 is 2.10 bits per heavy atom. The second-order valence-corrected chi connectivity index (χ2v) is 6.17. The molecule has 0 unspecified atom stereocenters. The van der Waals surface area contributed by atoms with Crippen molar-refractivity contribution >= 4 is 23.6 Å². The van der Waals surface area contributed by atoms with Crippen molar-refractivity contribution in [1.82, 2.24) is 20.4 Å². The van der Waals surface area contributed by atoms with E-state index in [1.165, 1.54) is 13.2 Å². The maximum Gasteiger partial charge on any atom is 0.246 e. The van der Waals surface area contributed by atoms with E-state index in [1.807, 2.05) is 6.92 Å².